The fourth-order valence-electron chi connectivity index (χ4n) is 3.37. The molecule has 0 saturated heterocycles. The van der Waals surface area contributed by atoms with Gasteiger partial charge in [-0.1, -0.05) is 6.07 Å². The summed E-state index contributed by atoms with van der Waals surface area (Å²) in [6.45, 7) is -0.0136. The van der Waals surface area contributed by atoms with E-state index in [9.17, 15) is 4.79 Å². The number of hydrogen-bond donors (Lipinski definition) is 5. The number of aromatic amines is 1. The number of nitrogens with one attached hydrogen (secondary N) is 3. The molecule has 2 aromatic carbocycles. The predicted octanol–water partition coefficient (Wildman–Crippen LogP) is 1.22. The van der Waals surface area contributed by atoms with E-state index in [1.54, 1.807) is 48.5 Å². The number of nitrogen functional groups attached to an aromatic ring is 1. The number of nitrogens with two attached hydrogens (primary N) is 1. The third-order valence-electron chi connectivity index (χ3n) is 5.03. The summed E-state index contributed by atoms with van der Waals surface area (Å²) in [6, 6.07) is 13.3. The van der Waals surface area contributed by atoms with Crippen molar-refractivity contribution in [2.24, 2.45) is 5.73 Å². The number of aliphatic hydroxyl groups excluding tert-OH is 1. The van der Waals surface area contributed by atoms with Gasteiger partial charge in [0.1, 0.15) is 18.5 Å². The van der Waals surface area contributed by atoms with E-state index in [0.29, 0.717) is 34.1 Å². The number of rotatable bonds is 10. The van der Waals surface area contributed by atoms with E-state index in [0.717, 1.165) is 4.68 Å². The molecule has 4 aromatic rings. The Kier molecular flexibility index (Phi) is 7.02. The predicted molar refractivity (Wildman–Crippen MR) is 128 cm³/mol. The molecule has 0 bridgehead atoms. The van der Waals surface area contributed by atoms with Crippen molar-refractivity contribution in [2.45, 2.75) is 6.04 Å². The Bertz CT molecular complexity index is 1350. The summed E-state index contributed by atoms with van der Waals surface area (Å²) in [6.07, 6.45) is 3.04. The van der Waals surface area contributed by atoms with Crippen molar-refractivity contribution < 1.29 is 14.6 Å². The van der Waals surface area contributed by atoms with Crippen LogP contribution in [-0.4, -0.2) is 56.0 Å². The molecule has 180 valence electrons. The third-order valence-corrected chi connectivity index (χ3v) is 5.03. The molecule has 35 heavy (non-hydrogen) atoms. The van der Waals surface area contributed by atoms with Crippen LogP contribution in [0.4, 0.5) is 5.69 Å². The van der Waals surface area contributed by atoms with Gasteiger partial charge in [0.2, 0.25) is 0 Å². The van der Waals surface area contributed by atoms with Gasteiger partial charge >= 0.3 is 5.69 Å². The van der Waals surface area contributed by atoms with Gasteiger partial charge in [-0.15, -0.1) is 9.78 Å². The van der Waals surface area contributed by atoms with Crippen LogP contribution >= 0.6 is 0 Å². The number of H-pyrrole nitrogens is 1. The van der Waals surface area contributed by atoms with Gasteiger partial charge in [-0.25, -0.2) is 14.8 Å². The van der Waals surface area contributed by atoms with E-state index in [4.69, 9.17) is 25.7 Å². The minimum absolute atomic E-state index is 0.0396. The van der Waals surface area contributed by atoms with Crippen LogP contribution in [0.3, 0.4) is 0 Å². The smallest absolute Gasteiger partial charge is 0.350 e. The van der Waals surface area contributed by atoms with Gasteiger partial charge in [0.05, 0.1) is 13.7 Å². The van der Waals surface area contributed by atoms with Crippen LogP contribution in [0.25, 0.3) is 5.95 Å². The average Bonchev–Trinajstić information content (AvgIpc) is 3.27. The van der Waals surface area contributed by atoms with E-state index in [1.165, 1.54) is 19.5 Å². The molecule has 12 nitrogen and oxygen atoms in total. The Balaban J connectivity index is 1.76. The highest BCUT2D eigenvalue weighted by atomic mass is 16.5. The summed E-state index contributed by atoms with van der Waals surface area (Å²) in [5, 5.41) is 24.4. The Hall–Kier alpha value is -4.71. The fourth-order valence-corrected chi connectivity index (χ4v) is 3.37. The van der Waals surface area contributed by atoms with Gasteiger partial charge in [-0.05, 0) is 48.0 Å². The van der Waals surface area contributed by atoms with Gasteiger partial charge in [0, 0.05) is 23.6 Å². The van der Waals surface area contributed by atoms with Crippen LogP contribution in [0, 0.1) is 5.41 Å². The fraction of sp³-hybridized carbons (Fsp3) is 0.174. The van der Waals surface area contributed by atoms with Crippen molar-refractivity contribution in [3.05, 3.63) is 88.4 Å². The number of ether oxygens (including phenoxy) is 2. The van der Waals surface area contributed by atoms with Crippen molar-refractivity contribution in [2.75, 3.05) is 25.6 Å². The molecule has 0 saturated carbocycles. The molecule has 0 amide bonds. The summed E-state index contributed by atoms with van der Waals surface area (Å²) in [7, 11) is 1.51. The molecule has 4 rings (SSSR count). The first-order chi connectivity index (χ1) is 17.0. The lowest BCUT2D eigenvalue weighted by Crippen LogP contribution is -2.18. The SMILES string of the molecule is COc1cc(C(Nc2ccc(C(=N)N)cc2)c2nn(-c3ncccn3)c(=O)[nH]2)ccc1OCCO. The van der Waals surface area contributed by atoms with Crippen LogP contribution < -0.4 is 26.2 Å². The van der Waals surface area contributed by atoms with E-state index in [1.807, 2.05) is 0 Å². The largest absolute Gasteiger partial charge is 0.493 e. The minimum atomic E-state index is -0.614. The molecule has 0 spiro atoms. The van der Waals surface area contributed by atoms with Gasteiger partial charge < -0.3 is 25.6 Å². The molecule has 1 unspecified atom stereocenters. The second kappa shape index (κ2) is 10.5. The third kappa shape index (κ3) is 5.28. The summed E-state index contributed by atoms with van der Waals surface area (Å²) in [5.74, 6) is 1.32. The van der Waals surface area contributed by atoms with Crippen molar-refractivity contribution in [1.82, 2.24) is 24.7 Å². The van der Waals surface area contributed by atoms with Crippen molar-refractivity contribution in [1.29, 1.82) is 5.41 Å². The van der Waals surface area contributed by atoms with Gasteiger partial charge in [-0.3, -0.25) is 10.4 Å². The number of nitrogens with zero attached hydrogens (tertiary/aromatic N) is 4. The maximum Gasteiger partial charge on any atom is 0.350 e. The van der Waals surface area contributed by atoms with Gasteiger partial charge in [0.15, 0.2) is 17.3 Å². The van der Waals surface area contributed by atoms with Crippen molar-refractivity contribution in [3.63, 3.8) is 0 Å². The van der Waals surface area contributed by atoms with Crippen molar-refractivity contribution >= 4 is 11.5 Å². The molecular formula is C23H24N8O4. The minimum Gasteiger partial charge on any atom is -0.493 e. The molecule has 1 atom stereocenters. The molecule has 2 heterocycles. The van der Waals surface area contributed by atoms with E-state index in [-0.39, 0.29) is 25.0 Å². The zero-order chi connectivity index (χ0) is 24.8. The summed E-state index contributed by atoms with van der Waals surface area (Å²) < 4.78 is 12.1. The van der Waals surface area contributed by atoms with Crippen LogP contribution in [0.5, 0.6) is 11.5 Å². The zero-order valence-corrected chi connectivity index (χ0v) is 18.8. The standard InChI is InChI=1S/C23H24N8O4/c1-34-18-13-15(5-8-17(18)35-12-11-32)19(28-16-6-3-14(4-7-16)20(24)25)21-29-23(33)31(30-21)22-26-9-2-10-27-22/h2-10,13,19,28,32H,11-12H2,1H3,(H3,24,25)(H,29,30,33). The van der Waals surface area contributed by atoms with Crippen molar-refractivity contribution in [3.8, 4) is 17.4 Å². The molecular weight excluding hydrogens is 452 g/mol. The molecule has 0 aliphatic carbocycles. The number of amidine groups is 1. The lowest BCUT2D eigenvalue weighted by molar-refractivity contribution is 0.196. The highest BCUT2D eigenvalue weighted by Crippen LogP contribution is 2.33. The highest BCUT2D eigenvalue weighted by Gasteiger charge is 2.22. The molecule has 0 aliphatic rings. The Morgan fingerprint density at radius 1 is 1.20 bits per heavy atom. The lowest BCUT2D eigenvalue weighted by atomic mass is 10.0. The normalized spacial score (nSPS) is 11.6. The molecule has 0 aliphatic heterocycles. The topological polar surface area (TPSA) is 177 Å². The summed E-state index contributed by atoms with van der Waals surface area (Å²) >= 11 is 0. The Morgan fingerprint density at radius 3 is 2.60 bits per heavy atom. The first-order valence-corrected chi connectivity index (χ1v) is 10.6. The molecule has 12 heteroatoms. The number of aromatic nitrogens is 5. The van der Waals surface area contributed by atoms with Gasteiger partial charge in [-0.2, -0.15) is 0 Å². The van der Waals surface area contributed by atoms with Crippen LogP contribution in [0.1, 0.15) is 23.0 Å². The Labute approximate surface area is 199 Å². The Morgan fingerprint density at radius 2 is 1.94 bits per heavy atom. The second-order valence-corrected chi connectivity index (χ2v) is 7.33. The number of aliphatic hydroxyl groups is 1. The summed E-state index contributed by atoms with van der Waals surface area (Å²) in [5.41, 5.74) is 7.05. The summed E-state index contributed by atoms with van der Waals surface area (Å²) in [4.78, 5) is 23.6. The first kappa shape index (κ1) is 23.4. The van der Waals surface area contributed by atoms with Crippen LogP contribution in [0.2, 0.25) is 0 Å². The maximum absolute atomic E-state index is 12.7. The van der Waals surface area contributed by atoms with E-state index in [2.05, 4.69) is 25.4 Å². The van der Waals surface area contributed by atoms with Gasteiger partial charge in [0.25, 0.3) is 5.95 Å². The highest BCUT2D eigenvalue weighted by molar-refractivity contribution is 5.95. The molecule has 0 fully saturated rings. The number of anilines is 1. The van der Waals surface area contributed by atoms with Crippen LogP contribution in [0.15, 0.2) is 65.7 Å². The molecule has 6 N–H and O–H groups in total. The number of hydrogen-bond acceptors (Lipinski definition) is 9. The molecule has 2 aromatic heterocycles. The van der Waals surface area contributed by atoms with Crippen LogP contribution in [-0.2, 0) is 0 Å². The number of methoxy groups -OCH3 is 1. The van der Waals surface area contributed by atoms with E-state index >= 15 is 0 Å². The average molecular weight is 476 g/mol. The molecule has 0 radical (unpaired) electrons. The quantitative estimate of drug-likeness (QED) is 0.166. The monoisotopic (exact) mass is 476 g/mol. The number of benzene rings is 2. The maximum atomic E-state index is 12.7. The van der Waals surface area contributed by atoms with E-state index < -0.39 is 11.7 Å². The zero-order valence-electron chi connectivity index (χ0n) is 18.8. The lowest BCUT2D eigenvalue weighted by Gasteiger charge is -2.20. The second-order valence-electron chi connectivity index (χ2n) is 7.33. The first-order valence-electron chi connectivity index (χ1n) is 10.6.